The molecule has 0 heterocycles. The van der Waals surface area contributed by atoms with Crippen LogP contribution in [0.15, 0.2) is 35.3 Å². The van der Waals surface area contributed by atoms with Crippen molar-refractivity contribution in [1.82, 2.24) is 5.43 Å². The fraction of sp³-hybridized carbons (Fsp3) is 0.500. The summed E-state index contributed by atoms with van der Waals surface area (Å²) in [5.74, 6) is 6.35. The van der Waals surface area contributed by atoms with Crippen LogP contribution in [-0.2, 0) is 0 Å². The van der Waals surface area contributed by atoms with E-state index in [9.17, 15) is 0 Å². The summed E-state index contributed by atoms with van der Waals surface area (Å²) in [5, 5.41) is 0. The maximum atomic E-state index is 5.61. The molecule has 0 radical (unpaired) electrons. The zero-order valence-corrected chi connectivity index (χ0v) is 11.0. The van der Waals surface area contributed by atoms with Gasteiger partial charge in [0.15, 0.2) is 0 Å². The SMILES string of the molecule is CN(C(=NC1CCCCC1)NN)c1ccccc1. The first-order valence-electron chi connectivity index (χ1n) is 6.64. The minimum absolute atomic E-state index is 0.413. The standard InChI is InChI=1S/C14H22N4/c1-18(13-10-6-3-7-11-13)14(17-15)16-12-8-4-2-5-9-12/h3,6-7,10-12H,2,4-5,8-9,15H2,1H3,(H,16,17). The van der Waals surface area contributed by atoms with Crippen LogP contribution in [0.4, 0.5) is 5.69 Å². The molecule has 1 aliphatic rings. The normalized spacial score (nSPS) is 17.6. The smallest absolute Gasteiger partial charge is 0.212 e. The molecule has 4 heteroatoms. The first-order chi connectivity index (χ1) is 8.81. The van der Waals surface area contributed by atoms with Gasteiger partial charge in [0.05, 0.1) is 6.04 Å². The van der Waals surface area contributed by atoms with E-state index in [2.05, 4.69) is 5.43 Å². The first kappa shape index (κ1) is 12.9. The Bertz CT molecular complexity index is 382. The van der Waals surface area contributed by atoms with Gasteiger partial charge >= 0.3 is 0 Å². The van der Waals surface area contributed by atoms with Gasteiger partial charge in [-0.15, -0.1) is 0 Å². The minimum Gasteiger partial charge on any atom is -0.315 e. The van der Waals surface area contributed by atoms with Crippen LogP contribution in [0.2, 0.25) is 0 Å². The molecule has 1 saturated carbocycles. The quantitative estimate of drug-likeness (QED) is 0.364. The molecular weight excluding hydrogens is 224 g/mol. The van der Waals surface area contributed by atoms with E-state index in [0.717, 1.165) is 11.6 Å². The topological polar surface area (TPSA) is 53.6 Å². The van der Waals surface area contributed by atoms with Crippen molar-refractivity contribution < 1.29 is 0 Å². The van der Waals surface area contributed by atoms with Gasteiger partial charge in [-0.2, -0.15) is 0 Å². The highest BCUT2D eigenvalue weighted by molar-refractivity contribution is 5.95. The second-order valence-corrected chi connectivity index (χ2v) is 4.78. The minimum atomic E-state index is 0.413. The van der Waals surface area contributed by atoms with Gasteiger partial charge in [0, 0.05) is 12.7 Å². The summed E-state index contributed by atoms with van der Waals surface area (Å²) in [4.78, 5) is 6.73. The number of hydrazine groups is 1. The Morgan fingerprint density at radius 3 is 2.50 bits per heavy atom. The summed E-state index contributed by atoms with van der Waals surface area (Å²) in [6.07, 6.45) is 6.25. The molecule has 0 aliphatic heterocycles. The monoisotopic (exact) mass is 246 g/mol. The van der Waals surface area contributed by atoms with Gasteiger partial charge in [-0.25, -0.2) is 10.8 Å². The number of aliphatic imine (C=N–C) groups is 1. The molecule has 1 aliphatic carbocycles. The van der Waals surface area contributed by atoms with E-state index in [1.165, 1.54) is 32.1 Å². The number of hydrogen-bond acceptors (Lipinski definition) is 2. The van der Waals surface area contributed by atoms with Crippen LogP contribution in [-0.4, -0.2) is 19.0 Å². The van der Waals surface area contributed by atoms with Crippen LogP contribution in [0, 0.1) is 0 Å². The molecule has 98 valence electrons. The number of nitrogens with one attached hydrogen (secondary N) is 1. The lowest BCUT2D eigenvalue weighted by Gasteiger charge is -2.24. The molecule has 18 heavy (non-hydrogen) atoms. The van der Waals surface area contributed by atoms with Crippen LogP contribution in [0.3, 0.4) is 0 Å². The lowest BCUT2D eigenvalue weighted by atomic mass is 9.96. The number of benzene rings is 1. The lowest BCUT2D eigenvalue weighted by Crippen LogP contribution is -2.43. The number of nitrogens with two attached hydrogens (primary N) is 1. The summed E-state index contributed by atoms with van der Waals surface area (Å²) in [6.45, 7) is 0. The second-order valence-electron chi connectivity index (χ2n) is 4.78. The van der Waals surface area contributed by atoms with Crippen LogP contribution in [0.1, 0.15) is 32.1 Å². The van der Waals surface area contributed by atoms with Crippen molar-refractivity contribution in [3.8, 4) is 0 Å². The fourth-order valence-corrected chi connectivity index (χ4v) is 2.38. The summed E-state index contributed by atoms with van der Waals surface area (Å²) in [7, 11) is 1.98. The van der Waals surface area contributed by atoms with Crippen molar-refractivity contribution in [2.45, 2.75) is 38.1 Å². The Balaban J connectivity index is 2.09. The van der Waals surface area contributed by atoms with E-state index in [0.29, 0.717) is 6.04 Å². The number of para-hydroxylation sites is 1. The van der Waals surface area contributed by atoms with Gasteiger partial charge in [-0.3, -0.25) is 5.43 Å². The average molecular weight is 246 g/mol. The molecular formula is C14H22N4. The number of nitrogens with zero attached hydrogens (tertiary/aromatic N) is 2. The van der Waals surface area contributed by atoms with E-state index in [-0.39, 0.29) is 0 Å². The predicted molar refractivity (Wildman–Crippen MR) is 76.5 cm³/mol. The Morgan fingerprint density at radius 1 is 1.22 bits per heavy atom. The van der Waals surface area contributed by atoms with Crippen molar-refractivity contribution in [2.24, 2.45) is 10.8 Å². The Labute approximate surface area is 109 Å². The first-order valence-corrected chi connectivity index (χ1v) is 6.64. The lowest BCUT2D eigenvalue weighted by molar-refractivity contribution is 0.442. The molecule has 0 saturated heterocycles. The third kappa shape index (κ3) is 3.23. The molecule has 2 rings (SSSR count). The van der Waals surface area contributed by atoms with E-state index in [1.54, 1.807) is 0 Å². The molecule has 0 aromatic heterocycles. The maximum absolute atomic E-state index is 5.61. The number of rotatable bonds is 2. The summed E-state index contributed by atoms with van der Waals surface area (Å²) in [5.41, 5.74) is 3.81. The van der Waals surface area contributed by atoms with E-state index in [1.807, 2.05) is 42.3 Å². The molecule has 1 aromatic carbocycles. The maximum Gasteiger partial charge on any atom is 0.212 e. The average Bonchev–Trinajstić information content (AvgIpc) is 2.46. The largest absolute Gasteiger partial charge is 0.315 e. The van der Waals surface area contributed by atoms with Gasteiger partial charge in [0.1, 0.15) is 0 Å². The van der Waals surface area contributed by atoms with Crippen LogP contribution >= 0.6 is 0 Å². The van der Waals surface area contributed by atoms with E-state index in [4.69, 9.17) is 10.8 Å². The number of hydrogen-bond donors (Lipinski definition) is 2. The van der Waals surface area contributed by atoms with Crippen molar-refractivity contribution >= 4 is 11.6 Å². The molecule has 0 amide bonds. The molecule has 0 bridgehead atoms. The number of guanidine groups is 1. The molecule has 1 fully saturated rings. The Hall–Kier alpha value is -1.55. The van der Waals surface area contributed by atoms with Gasteiger partial charge in [-0.1, -0.05) is 37.5 Å². The van der Waals surface area contributed by atoms with Gasteiger partial charge < -0.3 is 4.90 Å². The van der Waals surface area contributed by atoms with Gasteiger partial charge in [0.25, 0.3) is 0 Å². The van der Waals surface area contributed by atoms with Crippen molar-refractivity contribution in [3.05, 3.63) is 30.3 Å². The van der Waals surface area contributed by atoms with Gasteiger partial charge in [0.2, 0.25) is 5.96 Å². The second kappa shape index (κ2) is 6.40. The molecule has 0 atom stereocenters. The van der Waals surface area contributed by atoms with Gasteiger partial charge in [-0.05, 0) is 25.0 Å². The summed E-state index contributed by atoms with van der Waals surface area (Å²) < 4.78 is 0. The molecule has 4 nitrogen and oxygen atoms in total. The molecule has 1 aromatic rings. The number of anilines is 1. The highest BCUT2D eigenvalue weighted by atomic mass is 15.4. The van der Waals surface area contributed by atoms with E-state index >= 15 is 0 Å². The summed E-state index contributed by atoms with van der Waals surface area (Å²) in [6, 6.07) is 10.5. The van der Waals surface area contributed by atoms with Crippen molar-refractivity contribution in [2.75, 3.05) is 11.9 Å². The molecule has 0 spiro atoms. The van der Waals surface area contributed by atoms with E-state index < -0.39 is 0 Å². The van der Waals surface area contributed by atoms with Crippen molar-refractivity contribution in [1.29, 1.82) is 0 Å². The third-order valence-corrected chi connectivity index (χ3v) is 3.47. The summed E-state index contributed by atoms with van der Waals surface area (Å²) >= 11 is 0. The predicted octanol–water partition coefficient (Wildman–Crippen LogP) is 2.27. The Morgan fingerprint density at radius 2 is 1.89 bits per heavy atom. The highest BCUT2D eigenvalue weighted by Crippen LogP contribution is 2.21. The zero-order valence-electron chi connectivity index (χ0n) is 11.0. The van der Waals surface area contributed by atoms with Crippen LogP contribution in [0.5, 0.6) is 0 Å². The van der Waals surface area contributed by atoms with Crippen molar-refractivity contribution in [3.63, 3.8) is 0 Å². The Kier molecular flexibility index (Phi) is 4.59. The van der Waals surface area contributed by atoms with Crippen LogP contribution in [0.25, 0.3) is 0 Å². The molecule has 0 unspecified atom stereocenters. The zero-order chi connectivity index (χ0) is 12.8. The fourth-order valence-electron chi connectivity index (χ4n) is 2.38. The van der Waals surface area contributed by atoms with Crippen LogP contribution < -0.4 is 16.2 Å². The third-order valence-electron chi connectivity index (χ3n) is 3.47. The highest BCUT2D eigenvalue weighted by Gasteiger charge is 2.15. The molecule has 3 N–H and O–H groups in total.